The summed E-state index contributed by atoms with van der Waals surface area (Å²) >= 11 is 0. The number of rotatable bonds is 5. The zero-order chi connectivity index (χ0) is 9.56. The van der Waals surface area contributed by atoms with Crippen molar-refractivity contribution >= 4 is 11.9 Å². The van der Waals surface area contributed by atoms with E-state index in [1.807, 2.05) is 6.92 Å². The highest BCUT2D eigenvalue weighted by molar-refractivity contribution is 5.74. The number of hydrogen-bond acceptors (Lipinski definition) is 4. The van der Waals surface area contributed by atoms with Gasteiger partial charge < -0.3 is 15.6 Å². The molecule has 5 heteroatoms. The fourth-order valence-electron chi connectivity index (χ4n) is 0.530. The predicted molar refractivity (Wildman–Crippen MR) is 41.5 cm³/mol. The van der Waals surface area contributed by atoms with E-state index in [-0.39, 0.29) is 6.61 Å². The Hall–Kier alpha value is -1.10. The van der Waals surface area contributed by atoms with Crippen LogP contribution in [0.15, 0.2) is 0 Å². The van der Waals surface area contributed by atoms with E-state index < -0.39 is 18.0 Å². The van der Waals surface area contributed by atoms with Crippen molar-refractivity contribution < 1.29 is 19.4 Å². The SMILES string of the molecule is CCCC(=O)OC[C@H](N)C(=O)O. The lowest BCUT2D eigenvalue weighted by Crippen LogP contribution is -2.35. The van der Waals surface area contributed by atoms with Crippen LogP contribution in [0.1, 0.15) is 19.8 Å². The van der Waals surface area contributed by atoms with Crippen LogP contribution in [0.2, 0.25) is 0 Å². The van der Waals surface area contributed by atoms with Crippen molar-refractivity contribution in [3.63, 3.8) is 0 Å². The van der Waals surface area contributed by atoms with Gasteiger partial charge in [0.1, 0.15) is 12.6 Å². The maximum Gasteiger partial charge on any atom is 0.324 e. The molecule has 0 spiro atoms. The first kappa shape index (κ1) is 10.9. The molecule has 0 aliphatic carbocycles. The zero-order valence-corrected chi connectivity index (χ0v) is 6.95. The first-order valence-electron chi connectivity index (χ1n) is 3.72. The van der Waals surface area contributed by atoms with E-state index in [9.17, 15) is 9.59 Å². The maximum absolute atomic E-state index is 10.7. The highest BCUT2D eigenvalue weighted by Gasteiger charge is 2.13. The molecule has 0 unspecified atom stereocenters. The van der Waals surface area contributed by atoms with Crippen molar-refractivity contribution in [1.29, 1.82) is 0 Å². The summed E-state index contributed by atoms with van der Waals surface area (Å²) in [4.78, 5) is 20.9. The first-order valence-corrected chi connectivity index (χ1v) is 3.72. The lowest BCUT2D eigenvalue weighted by atomic mass is 10.3. The van der Waals surface area contributed by atoms with E-state index in [1.165, 1.54) is 0 Å². The minimum absolute atomic E-state index is 0.256. The van der Waals surface area contributed by atoms with Crippen molar-refractivity contribution in [2.45, 2.75) is 25.8 Å². The normalized spacial score (nSPS) is 12.2. The Morgan fingerprint density at radius 2 is 2.17 bits per heavy atom. The molecule has 0 heterocycles. The molecular formula is C7H13NO4. The number of carboxylic acid groups (broad SMARTS) is 1. The molecule has 0 aromatic heterocycles. The van der Waals surface area contributed by atoms with Gasteiger partial charge in [-0.1, -0.05) is 6.92 Å². The summed E-state index contributed by atoms with van der Waals surface area (Å²) < 4.78 is 4.56. The van der Waals surface area contributed by atoms with E-state index in [0.717, 1.165) is 0 Å². The number of aliphatic carboxylic acids is 1. The van der Waals surface area contributed by atoms with Crippen LogP contribution in [0.25, 0.3) is 0 Å². The molecule has 0 rings (SSSR count). The van der Waals surface area contributed by atoms with Gasteiger partial charge in [0.05, 0.1) is 0 Å². The van der Waals surface area contributed by atoms with Crippen molar-refractivity contribution in [2.75, 3.05) is 6.61 Å². The van der Waals surface area contributed by atoms with Gasteiger partial charge in [-0.25, -0.2) is 0 Å². The molecule has 0 radical (unpaired) electrons. The van der Waals surface area contributed by atoms with Crippen LogP contribution in [0, 0.1) is 0 Å². The third-order valence-corrected chi connectivity index (χ3v) is 1.20. The largest absolute Gasteiger partial charge is 0.480 e. The van der Waals surface area contributed by atoms with E-state index in [0.29, 0.717) is 12.8 Å². The quantitative estimate of drug-likeness (QED) is 0.562. The predicted octanol–water partition coefficient (Wildman–Crippen LogP) is -0.258. The van der Waals surface area contributed by atoms with E-state index >= 15 is 0 Å². The fourth-order valence-corrected chi connectivity index (χ4v) is 0.530. The lowest BCUT2D eigenvalue weighted by Gasteiger charge is -2.06. The average molecular weight is 175 g/mol. The molecule has 0 fully saturated rings. The molecule has 1 atom stereocenters. The number of nitrogens with two attached hydrogens (primary N) is 1. The highest BCUT2D eigenvalue weighted by atomic mass is 16.5. The molecule has 70 valence electrons. The Morgan fingerprint density at radius 1 is 1.58 bits per heavy atom. The Bertz CT molecular complexity index is 169. The van der Waals surface area contributed by atoms with Crippen LogP contribution < -0.4 is 5.73 Å². The summed E-state index contributed by atoms with van der Waals surface area (Å²) in [6, 6.07) is -1.12. The highest BCUT2D eigenvalue weighted by Crippen LogP contribution is 1.92. The molecule has 0 aliphatic rings. The van der Waals surface area contributed by atoms with Crippen molar-refractivity contribution in [2.24, 2.45) is 5.73 Å². The molecule has 12 heavy (non-hydrogen) atoms. The summed E-state index contributed by atoms with van der Waals surface area (Å²) in [6.07, 6.45) is 0.980. The molecule has 0 aromatic rings. The van der Waals surface area contributed by atoms with Crippen LogP contribution >= 0.6 is 0 Å². The summed E-state index contributed by atoms with van der Waals surface area (Å²) in [7, 11) is 0. The number of hydrogen-bond donors (Lipinski definition) is 2. The number of carbonyl (C=O) groups excluding carboxylic acids is 1. The Morgan fingerprint density at radius 3 is 2.58 bits per heavy atom. The van der Waals surface area contributed by atoms with Gasteiger partial charge in [-0.2, -0.15) is 0 Å². The van der Waals surface area contributed by atoms with Crippen LogP contribution in [-0.4, -0.2) is 29.7 Å². The maximum atomic E-state index is 10.7. The summed E-state index contributed by atoms with van der Waals surface area (Å²) in [5.41, 5.74) is 5.08. The number of esters is 1. The van der Waals surface area contributed by atoms with E-state index in [2.05, 4.69) is 4.74 Å². The third-order valence-electron chi connectivity index (χ3n) is 1.20. The minimum Gasteiger partial charge on any atom is -0.480 e. The van der Waals surface area contributed by atoms with Gasteiger partial charge >= 0.3 is 11.9 Å². The van der Waals surface area contributed by atoms with E-state index in [1.54, 1.807) is 0 Å². The Balaban J connectivity index is 3.54. The fraction of sp³-hybridized carbons (Fsp3) is 0.714. The smallest absolute Gasteiger partial charge is 0.324 e. The molecule has 0 saturated carbocycles. The second-order valence-electron chi connectivity index (χ2n) is 2.38. The van der Waals surface area contributed by atoms with Gasteiger partial charge in [-0.15, -0.1) is 0 Å². The zero-order valence-electron chi connectivity index (χ0n) is 6.95. The van der Waals surface area contributed by atoms with E-state index in [4.69, 9.17) is 10.8 Å². The number of carboxylic acids is 1. The molecule has 0 bridgehead atoms. The minimum atomic E-state index is -1.17. The van der Waals surface area contributed by atoms with Gasteiger partial charge in [-0.3, -0.25) is 9.59 Å². The second-order valence-corrected chi connectivity index (χ2v) is 2.38. The van der Waals surface area contributed by atoms with Crippen molar-refractivity contribution in [3.8, 4) is 0 Å². The first-order chi connectivity index (χ1) is 5.57. The van der Waals surface area contributed by atoms with Crippen LogP contribution in [0.5, 0.6) is 0 Å². The standard InChI is InChI=1S/C7H13NO4/c1-2-3-6(9)12-4-5(8)7(10)11/h5H,2-4,8H2,1H3,(H,10,11)/t5-/m0/s1. The van der Waals surface area contributed by atoms with Gasteiger partial charge in [0.25, 0.3) is 0 Å². The molecule has 0 aromatic carbocycles. The van der Waals surface area contributed by atoms with Crippen LogP contribution in [-0.2, 0) is 14.3 Å². The molecule has 0 aliphatic heterocycles. The van der Waals surface area contributed by atoms with Gasteiger partial charge in [-0.05, 0) is 6.42 Å². The summed E-state index contributed by atoms with van der Waals surface area (Å²) in [5, 5.41) is 8.31. The van der Waals surface area contributed by atoms with Gasteiger partial charge in [0.2, 0.25) is 0 Å². The topological polar surface area (TPSA) is 89.6 Å². The molecule has 0 saturated heterocycles. The average Bonchev–Trinajstić information content (AvgIpc) is 2.00. The molecule has 3 N–H and O–H groups in total. The Labute approximate surface area is 70.5 Å². The van der Waals surface area contributed by atoms with Crippen molar-refractivity contribution in [1.82, 2.24) is 0 Å². The second kappa shape index (κ2) is 5.54. The van der Waals surface area contributed by atoms with Gasteiger partial charge in [0, 0.05) is 6.42 Å². The molecule has 5 nitrogen and oxygen atoms in total. The van der Waals surface area contributed by atoms with Crippen LogP contribution in [0.3, 0.4) is 0 Å². The Kier molecular flexibility index (Phi) is 5.03. The summed E-state index contributed by atoms with van der Waals surface area (Å²) in [6.45, 7) is 1.58. The molecular weight excluding hydrogens is 162 g/mol. The monoisotopic (exact) mass is 175 g/mol. The van der Waals surface area contributed by atoms with Crippen molar-refractivity contribution in [3.05, 3.63) is 0 Å². The van der Waals surface area contributed by atoms with Gasteiger partial charge in [0.15, 0.2) is 0 Å². The lowest BCUT2D eigenvalue weighted by molar-refractivity contribution is -0.147. The van der Waals surface area contributed by atoms with Crippen LogP contribution in [0.4, 0.5) is 0 Å². The molecule has 0 amide bonds. The number of ether oxygens (including phenoxy) is 1. The third kappa shape index (κ3) is 4.68. The number of carbonyl (C=O) groups is 2. The summed E-state index contributed by atoms with van der Waals surface area (Å²) in [5.74, 6) is -1.58.